The van der Waals surface area contributed by atoms with Gasteiger partial charge in [0.2, 0.25) is 0 Å². The molecule has 0 radical (unpaired) electrons. The van der Waals surface area contributed by atoms with Gasteiger partial charge in [-0.3, -0.25) is 4.79 Å². The molecule has 5 rings (SSSR count). The molecule has 0 fully saturated rings. The second-order valence-electron chi connectivity index (χ2n) is 8.83. The number of aromatic hydroxyl groups is 1. The van der Waals surface area contributed by atoms with Gasteiger partial charge in [0.15, 0.2) is 0 Å². The number of amides is 1. The SMILES string of the molecule is CN(C)C(=O)c1cc2ccc(CC3c4ccc(O)cc4CCN3c3ccc(F)cc3)cc2[nH]1. The number of H-pyrrole nitrogens is 1. The van der Waals surface area contributed by atoms with Crippen molar-refractivity contribution in [3.05, 3.63) is 94.9 Å². The van der Waals surface area contributed by atoms with Gasteiger partial charge in [0.05, 0.1) is 6.04 Å². The maximum atomic E-state index is 13.6. The minimum atomic E-state index is -0.252. The number of phenolic OH excluding ortho intramolecular Hbond substituents is 1. The minimum absolute atomic E-state index is 0.0371. The number of aromatic nitrogens is 1. The lowest BCUT2D eigenvalue weighted by molar-refractivity contribution is 0.0823. The largest absolute Gasteiger partial charge is 0.508 e. The molecule has 168 valence electrons. The third kappa shape index (κ3) is 4.04. The van der Waals surface area contributed by atoms with Gasteiger partial charge < -0.3 is 19.9 Å². The molecule has 0 bridgehead atoms. The van der Waals surface area contributed by atoms with Crippen molar-refractivity contribution < 1.29 is 14.3 Å². The normalized spacial score (nSPS) is 15.5. The molecule has 1 aliphatic rings. The molecule has 2 heterocycles. The Morgan fingerprint density at radius 3 is 2.64 bits per heavy atom. The summed E-state index contributed by atoms with van der Waals surface area (Å²) >= 11 is 0. The van der Waals surface area contributed by atoms with Crippen LogP contribution < -0.4 is 4.90 Å². The summed E-state index contributed by atoms with van der Waals surface area (Å²) in [6.07, 6.45) is 1.55. The van der Waals surface area contributed by atoms with Crippen molar-refractivity contribution in [2.45, 2.75) is 18.9 Å². The fourth-order valence-electron chi connectivity index (χ4n) is 4.74. The highest BCUT2D eigenvalue weighted by atomic mass is 19.1. The molecule has 5 nitrogen and oxygen atoms in total. The number of aromatic amines is 1. The minimum Gasteiger partial charge on any atom is -0.508 e. The lowest BCUT2D eigenvalue weighted by Crippen LogP contribution is -2.36. The van der Waals surface area contributed by atoms with Crippen LogP contribution >= 0.6 is 0 Å². The van der Waals surface area contributed by atoms with E-state index >= 15 is 0 Å². The second kappa shape index (κ2) is 8.28. The number of halogens is 1. The number of hydrogen-bond acceptors (Lipinski definition) is 3. The molecule has 2 N–H and O–H groups in total. The van der Waals surface area contributed by atoms with Crippen LogP contribution in [-0.4, -0.2) is 41.5 Å². The first-order valence-electron chi connectivity index (χ1n) is 11.1. The predicted molar refractivity (Wildman–Crippen MR) is 128 cm³/mol. The van der Waals surface area contributed by atoms with E-state index in [0.29, 0.717) is 5.69 Å². The van der Waals surface area contributed by atoms with Crippen molar-refractivity contribution in [1.29, 1.82) is 0 Å². The first-order chi connectivity index (χ1) is 15.9. The molecular formula is C27H26FN3O2. The number of carbonyl (C=O) groups is 1. The molecule has 1 aliphatic heterocycles. The maximum absolute atomic E-state index is 13.6. The topological polar surface area (TPSA) is 59.6 Å². The van der Waals surface area contributed by atoms with Crippen LogP contribution in [0.1, 0.15) is 33.2 Å². The molecule has 0 saturated carbocycles. The van der Waals surface area contributed by atoms with Crippen molar-refractivity contribution in [1.82, 2.24) is 9.88 Å². The molecule has 1 atom stereocenters. The standard InChI is InChI=1S/C27H26FN3O2/c1-30(2)27(33)25-16-19-4-3-17(13-24(19)29-25)14-26-23-10-9-22(32)15-18(23)11-12-31(26)21-7-5-20(28)6-8-21/h3-10,13,15-16,26,29,32H,11-12,14H2,1-2H3. The summed E-state index contributed by atoms with van der Waals surface area (Å²) < 4.78 is 13.6. The number of hydrogen-bond donors (Lipinski definition) is 2. The fourth-order valence-corrected chi connectivity index (χ4v) is 4.74. The number of phenols is 1. The Morgan fingerprint density at radius 2 is 1.88 bits per heavy atom. The zero-order valence-corrected chi connectivity index (χ0v) is 18.7. The number of benzene rings is 3. The van der Waals surface area contributed by atoms with Crippen molar-refractivity contribution in [3.63, 3.8) is 0 Å². The molecule has 0 saturated heterocycles. The van der Waals surface area contributed by atoms with E-state index < -0.39 is 0 Å². The molecule has 4 aromatic rings. The third-order valence-electron chi connectivity index (χ3n) is 6.39. The zero-order chi connectivity index (χ0) is 23.1. The Morgan fingerprint density at radius 1 is 1.09 bits per heavy atom. The van der Waals surface area contributed by atoms with Gasteiger partial charge in [-0.25, -0.2) is 4.39 Å². The highest BCUT2D eigenvalue weighted by Gasteiger charge is 2.28. The first-order valence-corrected chi connectivity index (χ1v) is 11.1. The Labute approximate surface area is 192 Å². The average molecular weight is 444 g/mol. The van der Waals surface area contributed by atoms with Crippen LogP contribution in [0.2, 0.25) is 0 Å². The summed E-state index contributed by atoms with van der Waals surface area (Å²) in [5.41, 5.74) is 5.90. The number of rotatable bonds is 4. The second-order valence-corrected chi connectivity index (χ2v) is 8.83. The van der Waals surface area contributed by atoms with Gasteiger partial charge >= 0.3 is 0 Å². The maximum Gasteiger partial charge on any atom is 0.269 e. The van der Waals surface area contributed by atoms with Crippen LogP contribution in [0.25, 0.3) is 10.9 Å². The van der Waals surface area contributed by atoms with E-state index in [1.54, 1.807) is 25.1 Å². The van der Waals surface area contributed by atoms with E-state index in [0.717, 1.165) is 47.1 Å². The van der Waals surface area contributed by atoms with Crippen LogP contribution in [0.3, 0.4) is 0 Å². The number of anilines is 1. The van der Waals surface area contributed by atoms with Crippen LogP contribution in [0.15, 0.2) is 66.7 Å². The van der Waals surface area contributed by atoms with Gasteiger partial charge in [-0.15, -0.1) is 0 Å². The number of fused-ring (bicyclic) bond motifs is 2. The van der Waals surface area contributed by atoms with Crippen molar-refractivity contribution in [2.75, 3.05) is 25.5 Å². The zero-order valence-electron chi connectivity index (χ0n) is 18.7. The highest BCUT2D eigenvalue weighted by Crippen LogP contribution is 2.37. The van der Waals surface area contributed by atoms with Crippen molar-refractivity contribution >= 4 is 22.5 Å². The summed E-state index contributed by atoms with van der Waals surface area (Å²) in [4.78, 5) is 19.5. The molecule has 1 unspecified atom stereocenters. The van der Waals surface area contributed by atoms with Crippen LogP contribution in [0, 0.1) is 5.82 Å². The summed E-state index contributed by atoms with van der Waals surface area (Å²) in [5.74, 6) is -0.0391. The van der Waals surface area contributed by atoms with E-state index in [9.17, 15) is 14.3 Å². The van der Waals surface area contributed by atoms with E-state index in [4.69, 9.17) is 0 Å². The number of nitrogens with one attached hydrogen (secondary N) is 1. The number of carbonyl (C=O) groups excluding carboxylic acids is 1. The molecule has 0 aliphatic carbocycles. The average Bonchev–Trinajstić information content (AvgIpc) is 3.22. The fraction of sp³-hybridized carbons (Fsp3) is 0.222. The van der Waals surface area contributed by atoms with Crippen molar-refractivity contribution in [2.24, 2.45) is 0 Å². The molecule has 1 amide bonds. The highest BCUT2D eigenvalue weighted by molar-refractivity contribution is 5.97. The summed E-state index contributed by atoms with van der Waals surface area (Å²) in [7, 11) is 3.48. The van der Waals surface area contributed by atoms with E-state index in [1.165, 1.54) is 17.7 Å². The molecule has 1 aromatic heterocycles. The summed E-state index contributed by atoms with van der Waals surface area (Å²) in [6, 6.07) is 20.3. The van der Waals surface area contributed by atoms with Gasteiger partial charge in [-0.05, 0) is 78.1 Å². The Balaban J connectivity index is 1.52. The van der Waals surface area contributed by atoms with Gasteiger partial charge in [-0.2, -0.15) is 0 Å². The van der Waals surface area contributed by atoms with Crippen LogP contribution in [0.5, 0.6) is 5.75 Å². The molecule has 6 heteroatoms. The third-order valence-corrected chi connectivity index (χ3v) is 6.39. The van der Waals surface area contributed by atoms with Crippen LogP contribution in [-0.2, 0) is 12.8 Å². The Kier molecular flexibility index (Phi) is 5.29. The van der Waals surface area contributed by atoms with Crippen LogP contribution in [0.4, 0.5) is 10.1 Å². The van der Waals surface area contributed by atoms with E-state index in [-0.39, 0.29) is 23.5 Å². The van der Waals surface area contributed by atoms with Gasteiger partial charge in [0.1, 0.15) is 17.3 Å². The van der Waals surface area contributed by atoms with E-state index in [1.807, 2.05) is 36.4 Å². The first kappa shape index (κ1) is 21.1. The molecular weight excluding hydrogens is 417 g/mol. The molecule has 3 aromatic carbocycles. The summed E-state index contributed by atoms with van der Waals surface area (Å²) in [6.45, 7) is 0.777. The summed E-state index contributed by atoms with van der Waals surface area (Å²) in [5, 5.41) is 11.0. The van der Waals surface area contributed by atoms with Gasteiger partial charge in [-0.1, -0.05) is 18.2 Å². The number of nitrogens with zero attached hydrogens (tertiary/aromatic N) is 2. The monoisotopic (exact) mass is 443 g/mol. The molecule has 0 spiro atoms. The quantitative estimate of drug-likeness (QED) is 0.464. The Hall–Kier alpha value is -3.80. The lowest BCUT2D eigenvalue weighted by atomic mass is 9.88. The Bertz CT molecular complexity index is 1330. The van der Waals surface area contributed by atoms with Gasteiger partial charge in [0, 0.05) is 37.2 Å². The van der Waals surface area contributed by atoms with E-state index in [2.05, 4.69) is 22.0 Å². The molecule has 33 heavy (non-hydrogen) atoms. The van der Waals surface area contributed by atoms with Crippen molar-refractivity contribution in [3.8, 4) is 5.75 Å². The van der Waals surface area contributed by atoms with Gasteiger partial charge in [0.25, 0.3) is 5.91 Å². The lowest BCUT2D eigenvalue weighted by Gasteiger charge is -2.39. The smallest absolute Gasteiger partial charge is 0.269 e. The predicted octanol–water partition coefficient (Wildman–Crippen LogP) is 5.06.